The minimum Gasteiger partial charge on any atom is -0.265 e. The van der Waals surface area contributed by atoms with E-state index >= 15 is 0 Å². The summed E-state index contributed by atoms with van der Waals surface area (Å²) in [5.74, 6) is 1.13. The Balaban J connectivity index is 4.63. The smallest absolute Gasteiger partial charge is 0.0414 e. The first-order chi connectivity index (χ1) is 6.52. The molecule has 0 aliphatic carbocycles. The molecular formula is C13H25N. The Bertz CT molecular complexity index is 211. The largest absolute Gasteiger partial charge is 0.265 e. The molecule has 0 aromatic carbocycles. The minimum absolute atomic E-state index is 0.537. The third-order valence-corrected chi connectivity index (χ3v) is 2.63. The van der Waals surface area contributed by atoms with E-state index in [4.69, 9.17) is 0 Å². The van der Waals surface area contributed by atoms with Crippen molar-refractivity contribution < 1.29 is 0 Å². The first-order valence-corrected chi connectivity index (χ1v) is 5.76. The second-order valence-electron chi connectivity index (χ2n) is 4.34. The van der Waals surface area contributed by atoms with Gasteiger partial charge < -0.3 is 0 Å². The van der Waals surface area contributed by atoms with Crippen molar-refractivity contribution in [3.63, 3.8) is 0 Å². The average molecular weight is 195 g/mol. The lowest BCUT2D eigenvalue weighted by Crippen LogP contribution is -1.99. The van der Waals surface area contributed by atoms with E-state index in [1.807, 2.05) is 0 Å². The van der Waals surface area contributed by atoms with Crippen molar-refractivity contribution in [2.24, 2.45) is 16.8 Å². The van der Waals surface area contributed by atoms with Crippen LogP contribution in [0, 0.1) is 11.8 Å². The third-order valence-electron chi connectivity index (χ3n) is 2.63. The van der Waals surface area contributed by atoms with Crippen LogP contribution in [-0.4, -0.2) is 6.21 Å². The molecule has 0 heterocycles. The number of aliphatic imine (C=N–C) groups is 1. The fourth-order valence-electron chi connectivity index (χ4n) is 1.25. The van der Waals surface area contributed by atoms with Gasteiger partial charge in [-0.2, -0.15) is 0 Å². The molecule has 1 nitrogen and oxygen atoms in total. The van der Waals surface area contributed by atoms with E-state index in [1.54, 1.807) is 0 Å². The molecule has 0 N–H and O–H groups in total. The molecular weight excluding hydrogens is 170 g/mol. The van der Waals surface area contributed by atoms with Crippen molar-refractivity contribution in [3.05, 3.63) is 11.3 Å². The molecule has 82 valence electrons. The molecule has 0 saturated heterocycles. The maximum absolute atomic E-state index is 4.62. The van der Waals surface area contributed by atoms with Crippen LogP contribution in [0.15, 0.2) is 16.3 Å². The summed E-state index contributed by atoms with van der Waals surface area (Å²) in [5.41, 5.74) is 2.69. The van der Waals surface area contributed by atoms with Crippen molar-refractivity contribution in [1.82, 2.24) is 0 Å². The summed E-state index contributed by atoms with van der Waals surface area (Å²) >= 11 is 0. The second kappa shape index (κ2) is 6.80. The molecule has 0 aliphatic heterocycles. The quantitative estimate of drug-likeness (QED) is 0.575. The lowest BCUT2D eigenvalue weighted by molar-refractivity contribution is 0.720. The number of nitrogens with zero attached hydrogens (tertiary/aromatic N) is 1. The highest BCUT2D eigenvalue weighted by atomic mass is 14.7. The van der Waals surface area contributed by atoms with Crippen molar-refractivity contribution in [3.8, 4) is 0 Å². The Labute approximate surface area is 89.3 Å². The maximum atomic E-state index is 4.62. The SMILES string of the molecule is CC/C(C)=C(/N=C\C(C)CC)C(C)C. The zero-order valence-corrected chi connectivity index (χ0v) is 10.6. The van der Waals surface area contributed by atoms with Crippen LogP contribution in [0.3, 0.4) is 0 Å². The van der Waals surface area contributed by atoms with Crippen molar-refractivity contribution in [2.75, 3.05) is 0 Å². The Morgan fingerprint density at radius 1 is 1.21 bits per heavy atom. The van der Waals surface area contributed by atoms with Crippen LogP contribution in [0.2, 0.25) is 0 Å². The van der Waals surface area contributed by atoms with Crippen LogP contribution >= 0.6 is 0 Å². The molecule has 0 bridgehead atoms. The lowest BCUT2D eigenvalue weighted by Gasteiger charge is -2.10. The van der Waals surface area contributed by atoms with Crippen LogP contribution in [0.5, 0.6) is 0 Å². The van der Waals surface area contributed by atoms with Gasteiger partial charge in [-0.1, -0.05) is 40.2 Å². The number of allylic oxidation sites excluding steroid dienone is 2. The summed E-state index contributed by atoms with van der Waals surface area (Å²) in [6, 6.07) is 0. The van der Waals surface area contributed by atoms with Crippen LogP contribution in [-0.2, 0) is 0 Å². The van der Waals surface area contributed by atoms with Gasteiger partial charge in [0.1, 0.15) is 0 Å². The number of hydrogen-bond donors (Lipinski definition) is 0. The van der Waals surface area contributed by atoms with Gasteiger partial charge in [0.15, 0.2) is 0 Å². The predicted octanol–water partition coefficient (Wildman–Crippen LogP) is 4.44. The topological polar surface area (TPSA) is 12.4 Å². The standard InChI is InChI=1S/C13H25N/c1-7-11(5)9-14-13(10(3)4)12(6)8-2/h9-11H,7-8H2,1-6H3/b13-12+,14-9-. The van der Waals surface area contributed by atoms with Crippen LogP contribution in [0.4, 0.5) is 0 Å². The zero-order chi connectivity index (χ0) is 11.1. The summed E-state index contributed by atoms with van der Waals surface area (Å²) < 4.78 is 0. The summed E-state index contributed by atoms with van der Waals surface area (Å²) in [7, 11) is 0. The van der Waals surface area contributed by atoms with Crippen molar-refractivity contribution in [2.45, 2.75) is 54.4 Å². The Morgan fingerprint density at radius 3 is 2.14 bits per heavy atom. The minimum atomic E-state index is 0.537. The van der Waals surface area contributed by atoms with Gasteiger partial charge in [0.25, 0.3) is 0 Å². The molecule has 0 aromatic rings. The summed E-state index contributed by atoms with van der Waals surface area (Å²) in [6.07, 6.45) is 4.36. The Hall–Kier alpha value is -0.590. The average Bonchev–Trinajstić information content (AvgIpc) is 2.16. The first-order valence-electron chi connectivity index (χ1n) is 5.76. The fraction of sp³-hybridized carbons (Fsp3) is 0.769. The van der Waals surface area contributed by atoms with E-state index in [-0.39, 0.29) is 0 Å². The normalized spacial score (nSPS) is 16.2. The van der Waals surface area contributed by atoms with E-state index in [0.29, 0.717) is 11.8 Å². The van der Waals surface area contributed by atoms with E-state index in [0.717, 1.165) is 6.42 Å². The van der Waals surface area contributed by atoms with Gasteiger partial charge in [0.05, 0.1) is 0 Å². The highest BCUT2D eigenvalue weighted by Crippen LogP contribution is 2.18. The number of hydrogen-bond acceptors (Lipinski definition) is 1. The molecule has 0 aromatic heterocycles. The first kappa shape index (κ1) is 13.4. The van der Waals surface area contributed by atoms with Gasteiger partial charge in [-0.05, 0) is 31.6 Å². The molecule has 1 atom stereocenters. The highest BCUT2D eigenvalue weighted by molar-refractivity contribution is 5.61. The van der Waals surface area contributed by atoms with Gasteiger partial charge in [0.2, 0.25) is 0 Å². The molecule has 14 heavy (non-hydrogen) atoms. The molecule has 0 radical (unpaired) electrons. The van der Waals surface area contributed by atoms with E-state index in [9.17, 15) is 0 Å². The molecule has 0 fully saturated rings. The summed E-state index contributed by atoms with van der Waals surface area (Å²) in [6.45, 7) is 13.2. The fourth-order valence-corrected chi connectivity index (χ4v) is 1.25. The summed E-state index contributed by atoms with van der Waals surface area (Å²) in [5, 5.41) is 0. The Morgan fingerprint density at radius 2 is 1.79 bits per heavy atom. The number of rotatable bonds is 5. The maximum Gasteiger partial charge on any atom is 0.0414 e. The van der Waals surface area contributed by atoms with Gasteiger partial charge in [0, 0.05) is 11.9 Å². The van der Waals surface area contributed by atoms with Gasteiger partial charge in [-0.25, -0.2) is 0 Å². The molecule has 0 amide bonds. The molecule has 1 heteroatoms. The van der Waals surface area contributed by atoms with Gasteiger partial charge in [-0.15, -0.1) is 0 Å². The highest BCUT2D eigenvalue weighted by Gasteiger charge is 2.04. The monoisotopic (exact) mass is 195 g/mol. The van der Waals surface area contributed by atoms with Crippen LogP contribution < -0.4 is 0 Å². The van der Waals surface area contributed by atoms with Gasteiger partial charge in [-0.3, -0.25) is 4.99 Å². The third kappa shape index (κ3) is 4.59. The molecule has 0 saturated carbocycles. The Kier molecular flexibility index (Phi) is 6.52. The summed E-state index contributed by atoms with van der Waals surface area (Å²) in [4.78, 5) is 4.62. The van der Waals surface area contributed by atoms with Crippen molar-refractivity contribution >= 4 is 6.21 Å². The predicted molar refractivity (Wildman–Crippen MR) is 65.8 cm³/mol. The van der Waals surface area contributed by atoms with E-state index in [2.05, 4.69) is 52.7 Å². The molecule has 0 aliphatic rings. The van der Waals surface area contributed by atoms with E-state index in [1.165, 1.54) is 17.7 Å². The molecule has 0 spiro atoms. The second-order valence-corrected chi connectivity index (χ2v) is 4.34. The van der Waals surface area contributed by atoms with E-state index < -0.39 is 0 Å². The van der Waals surface area contributed by atoms with Gasteiger partial charge >= 0.3 is 0 Å². The van der Waals surface area contributed by atoms with Crippen LogP contribution in [0.25, 0.3) is 0 Å². The molecule has 0 rings (SSSR count). The van der Waals surface area contributed by atoms with Crippen molar-refractivity contribution in [1.29, 1.82) is 0 Å². The van der Waals surface area contributed by atoms with Crippen LogP contribution in [0.1, 0.15) is 54.4 Å². The zero-order valence-electron chi connectivity index (χ0n) is 10.6. The molecule has 1 unspecified atom stereocenters. The lowest BCUT2D eigenvalue weighted by atomic mass is 10.0.